The molecule has 0 spiro atoms. The van der Waals surface area contributed by atoms with Crippen LogP contribution < -0.4 is 16.2 Å². The van der Waals surface area contributed by atoms with Gasteiger partial charge in [0.15, 0.2) is 0 Å². The van der Waals surface area contributed by atoms with E-state index < -0.39 is 0 Å². The molecule has 1 unspecified atom stereocenters. The number of benzene rings is 2. The fourth-order valence-corrected chi connectivity index (χ4v) is 3.22. The summed E-state index contributed by atoms with van der Waals surface area (Å²) < 4.78 is 1.46. The maximum absolute atomic E-state index is 12.6. The Morgan fingerprint density at radius 1 is 1.16 bits per heavy atom. The molecule has 0 radical (unpaired) electrons. The first-order valence-electron chi connectivity index (χ1n) is 10.5. The van der Waals surface area contributed by atoms with Crippen molar-refractivity contribution < 1.29 is 9.59 Å². The second-order valence-electron chi connectivity index (χ2n) is 7.74. The van der Waals surface area contributed by atoms with Gasteiger partial charge in [-0.25, -0.2) is 4.98 Å². The van der Waals surface area contributed by atoms with E-state index in [2.05, 4.69) is 15.6 Å². The van der Waals surface area contributed by atoms with Crippen molar-refractivity contribution in [3.05, 3.63) is 70.3 Å². The first kappa shape index (κ1) is 22.2. The van der Waals surface area contributed by atoms with E-state index in [9.17, 15) is 14.4 Å². The number of anilines is 1. The molecule has 1 aromatic heterocycles. The molecule has 2 aromatic carbocycles. The van der Waals surface area contributed by atoms with Gasteiger partial charge in [-0.3, -0.25) is 19.0 Å². The lowest BCUT2D eigenvalue weighted by atomic mass is 10.1. The van der Waals surface area contributed by atoms with Crippen molar-refractivity contribution in [2.45, 2.75) is 46.7 Å². The van der Waals surface area contributed by atoms with Crippen LogP contribution in [0.15, 0.2) is 53.6 Å². The van der Waals surface area contributed by atoms with Crippen LogP contribution in [-0.2, 0) is 22.7 Å². The molecule has 1 atom stereocenters. The van der Waals surface area contributed by atoms with E-state index in [1.165, 1.54) is 10.9 Å². The van der Waals surface area contributed by atoms with Crippen molar-refractivity contribution in [1.29, 1.82) is 0 Å². The average molecular weight is 421 g/mol. The molecule has 7 heteroatoms. The van der Waals surface area contributed by atoms with Crippen molar-refractivity contribution in [3.63, 3.8) is 0 Å². The lowest BCUT2D eigenvalue weighted by Crippen LogP contribution is -2.27. The summed E-state index contributed by atoms with van der Waals surface area (Å²) >= 11 is 0. The maximum atomic E-state index is 12.6. The molecule has 3 aromatic rings. The summed E-state index contributed by atoms with van der Waals surface area (Å²) in [7, 11) is 0. The number of nitrogens with one attached hydrogen (secondary N) is 2. The Kier molecular flexibility index (Phi) is 7.18. The molecule has 2 amide bonds. The van der Waals surface area contributed by atoms with Gasteiger partial charge in [-0.1, -0.05) is 38.1 Å². The van der Waals surface area contributed by atoms with E-state index in [1.54, 1.807) is 6.07 Å². The predicted octanol–water partition coefficient (Wildman–Crippen LogP) is 3.40. The molecule has 1 heterocycles. The summed E-state index contributed by atoms with van der Waals surface area (Å²) in [6.07, 6.45) is 2.44. The van der Waals surface area contributed by atoms with Gasteiger partial charge in [-0.05, 0) is 42.7 Å². The highest BCUT2D eigenvalue weighted by molar-refractivity contribution is 5.92. The van der Waals surface area contributed by atoms with Crippen LogP contribution in [0.3, 0.4) is 0 Å². The van der Waals surface area contributed by atoms with Crippen LogP contribution in [0.4, 0.5) is 5.69 Å². The number of amides is 2. The van der Waals surface area contributed by atoms with Crippen molar-refractivity contribution in [3.8, 4) is 0 Å². The van der Waals surface area contributed by atoms with E-state index in [1.807, 2.05) is 57.2 Å². The smallest absolute Gasteiger partial charge is 0.261 e. The quantitative estimate of drug-likeness (QED) is 0.584. The van der Waals surface area contributed by atoms with Gasteiger partial charge in [0, 0.05) is 31.1 Å². The Bertz CT molecular complexity index is 1150. The number of hydrogen-bond acceptors (Lipinski definition) is 4. The average Bonchev–Trinajstić information content (AvgIpc) is 2.77. The number of carbonyl (C=O) groups excluding carboxylic acids is 2. The third-order valence-electron chi connectivity index (χ3n) is 5.38. The van der Waals surface area contributed by atoms with Crippen LogP contribution in [0.2, 0.25) is 0 Å². The summed E-state index contributed by atoms with van der Waals surface area (Å²) in [5.74, 6) is -0.237. The molecule has 7 nitrogen and oxygen atoms in total. The fourth-order valence-electron chi connectivity index (χ4n) is 3.22. The monoisotopic (exact) mass is 420 g/mol. The summed E-state index contributed by atoms with van der Waals surface area (Å²) in [6, 6.07) is 12.9. The van der Waals surface area contributed by atoms with Crippen LogP contribution in [0.5, 0.6) is 0 Å². The molecule has 3 rings (SSSR count). The molecule has 0 aliphatic heterocycles. The highest BCUT2D eigenvalue weighted by Crippen LogP contribution is 2.13. The zero-order valence-electron chi connectivity index (χ0n) is 18.1. The summed E-state index contributed by atoms with van der Waals surface area (Å²) in [6.45, 7) is 6.37. The lowest BCUT2D eigenvalue weighted by molar-refractivity contribution is -0.121. The number of aryl methyl sites for hydroxylation is 2. The van der Waals surface area contributed by atoms with Gasteiger partial charge in [0.25, 0.3) is 5.56 Å². The summed E-state index contributed by atoms with van der Waals surface area (Å²) in [5.41, 5.74) is 3.08. The molecule has 0 aliphatic rings. The predicted molar refractivity (Wildman–Crippen MR) is 122 cm³/mol. The van der Waals surface area contributed by atoms with Gasteiger partial charge < -0.3 is 10.6 Å². The third kappa shape index (κ3) is 5.57. The first-order valence-corrected chi connectivity index (χ1v) is 10.5. The number of hydrogen-bond donors (Lipinski definition) is 2. The molecule has 31 heavy (non-hydrogen) atoms. The number of nitrogens with zero attached hydrogens (tertiary/aromatic N) is 2. The van der Waals surface area contributed by atoms with Crippen molar-refractivity contribution in [1.82, 2.24) is 14.9 Å². The normalized spacial score (nSPS) is 11.8. The first-order chi connectivity index (χ1) is 14.9. The molecule has 0 fully saturated rings. The Balaban J connectivity index is 1.56. The largest absolute Gasteiger partial charge is 0.352 e. The van der Waals surface area contributed by atoms with Crippen LogP contribution in [0, 0.1) is 12.8 Å². The van der Waals surface area contributed by atoms with Crippen LogP contribution in [0.25, 0.3) is 10.9 Å². The van der Waals surface area contributed by atoms with Gasteiger partial charge in [0.05, 0.1) is 17.2 Å². The van der Waals surface area contributed by atoms with Gasteiger partial charge in [0.2, 0.25) is 11.8 Å². The van der Waals surface area contributed by atoms with E-state index in [4.69, 9.17) is 0 Å². The standard InChI is InChI=1S/C24H28N4O3/c1-4-16(2)23(30)27-19-9-6-8-18(13-19)14-25-21(29)11-12-28-15-26-22-17(3)7-5-10-20(22)24(28)31/h5-10,13,15-16H,4,11-12,14H2,1-3H3,(H,25,29)(H,27,30). The SMILES string of the molecule is CCC(C)C(=O)Nc1cccc(CNC(=O)CCn2cnc3c(C)cccc3c2=O)c1. The molecular formula is C24H28N4O3. The number of rotatable bonds is 8. The molecule has 0 bridgehead atoms. The lowest BCUT2D eigenvalue weighted by Gasteiger charge is -2.12. The highest BCUT2D eigenvalue weighted by Gasteiger charge is 2.11. The van der Waals surface area contributed by atoms with Crippen molar-refractivity contribution in [2.75, 3.05) is 5.32 Å². The second kappa shape index (κ2) is 10.0. The van der Waals surface area contributed by atoms with E-state index >= 15 is 0 Å². The molecule has 162 valence electrons. The molecule has 2 N–H and O–H groups in total. The van der Waals surface area contributed by atoms with Crippen LogP contribution >= 0.6 is 0 Å². The zero-order chi connectivity index (χ0) is 22.4. The van der Waals surface area contributed by atoms with Gasteiger partial charge in [0.1, 0.15) is 0 Å². The van der Waals surface area contributed by atoms with Crippen LogP contribution in [-0.4, -0.2) is 21.4 Å². The minimum absolute atomic E-state index is 0.0201. The minimum Gasteiger partial charge on any atom is -0.352 e. The molecular weight excluding hydrogens is 392 g/mol. The maximum Gasteiger partial charge on any atom is 0.261 e. The number of fused-ring (bicyclic) bond motifs is 1. The Morgan fingerprint density at radius 3 is 2.71 bits per heavy atom. The van der Waals surface area contributed by atoms with Gasteiger partial charge >= 0.3 is 0 Å². The summed E-state index contributed by atoms with van der Waals surface area (Å²) in [5, 5.41) is 6.31. The van der Waals surface area contributed by atoms with E-state index in [0.717, 1.165) is 17.5 Å². The van der Waals surface area contributed by atoms with Crippen molar-refractivity contribution in [2.24, 2.45) is 5.92 Å². The summed E-state index contributed by atoms with van der Waals surface area (Å²) in [4.78, 5) is 41.3. The molecule has 0 saturated heterocycles. The van der Waals surface area contributed by atoms with E-state index in [-0.39, 0.29) is 36.3 Å². The number of aromatic nitrogens is 2. The highest BCUT2D eigenvalue weighted by atomic mass is 16.2. The van der Waals surface area contributed by atoms with Crippen molar-refractivity contribution >= 4 is 28.4 Å². The Morgan fingerprint density at radius 2 is 1.94 bits per heavy atom. The van der Waals surface area contributed by atoms with Gasteiger partial charge in [-0.15, -0.1) is 0 Å². The topological polar surface area (TPSA) is 93.1 Å². The number of para-hydroxylation sites is 1. The second-order valence-corrected chi connectivity index (χ2v) is 7.74. The van der Waals surface area contributed by atoms with Crippen LogP contribution in [0.1, 0.15) is 37.8 Å². The zero-order valence-corrected chi connectivity index (χ0v) is 18.1. The molecule has 0 saturated carbocycles. The Hall–Kier alpha value is -3.48. The van der Waals surface area contributed by atoms with Gasteiger partial charge in [-0.2, -0.15) is 0 Å². The minimum atomic E-state index is -0.162. The Labute approximate surface area is 181 Å². The number of carbonyl (C=O) groups is 2. The third-order valence-corrected chi connectivity index (χ3v) is 5.38. The molecule has 0 aliphatic carbocycles. The fraction of sp³-hybridized carbons (Fsp3) is 0.333. The van der Waals surface area contributed by atoms with E-state index in [0.29, 0.717) is 23.1 Å².